The Morgan fingerprint density at radius 1 is 0.375 bits per heavy atom. The minimum Gasteiger partial charge on any atom is -0.493 e. The molecule has 0 aliphatic heterocycles. The molecule has 0 fully saturated rings. The summed E-state index contributed by atoms with van der Waals surface area (Å²) in [6, 6.07) is 73.6. The summed E-state index contributed by atoms with van der Waals surface area (Å²) in [5.74, 6) is 1.27. The van der Waals surface area contributed by atoms with Crippen LogP contribution in [0.3, 0.4) is 0 Å². The second-order valence-electron chi connectivity index (χ2n) is 16.3. The maximum atomic E-state index is 12.0. The zero-order valence-corrected chi connectivity index (χ0v) is 39.1. The molecule has 64 heavy (non-hydrogen) atoms. The molecule has 4 nitrogen and oxygen atoms in total. The van der Waals surface area contributed by atoms with Crippen molar-refractivity contribution < 1.29 is 9.47 Å². The highest BCUT2D eigenvalue weighted by atomic mass is 31.2. The van der Waals surface area contributed by atoms with E-state index < -0.39 is 25.8 Å². The van der Waals surface area contributed by atoms with Gasteiger partial charge in [-0.2, -0.15) is 10.5 Å². The second-order valence-corrected chi connectivity index (χ2v) is 23.3. The van der Waals surface area contributed by atoms with Crippen LogP contribution in [0.5, 0.6) is 11.5 Å². The van der Waals surface area contributed by atoms with Gasteiger partial charge in [-0.1, -0.05) is 162 Å². The predicted molar refractivity (Wildman–Crippen MR) is 273 cm³/mol. The molecule has 0 saturated carbocycles. The smallest absolute Gasteiger partial charge is 0.197 e. The van der Waals surface area contributed by atoms with Crippen molar-refractivity contribution in [3.05, 3.63) is 205 Å². The molecule has 6 heteroatoms. The van der Waals surface area contributed by atoms with Crippen molar-refractivity contribution >= 4 is 46.4 Å². The summed E-state index contributed by atoms with van der Waals surface area (Å²) in [4.78, 5) is 0. The van der Waals surface area contributed by atoms with Crippen LogP contribution in [0.25, 0.3) is 0 Å². The number of hydrogen-bond acceptors (Lipinski definition) is 4. The van der Waals surface area contributed by atoms with Gasteiger partial charge in [-0.3, -0.25) is 0 Å². The van der Waals surface area contributed by atoms with E-state index in [0.717, 1.165) is 94.3 Å². The third-order valence-corrected chi connectivity index (χ3v) is 21.3. The molecule has 2 unspecified atom stereocenters. The number of nitrogens with zero attached hydrogens (tertiary/aromatic N) is 2. The standard InChI is InChI=1S/C58H60N2O2P2/c1-3-5-7-27-41-61-55-43-54(58(46-60)64(50-35-21-12-22-36-50,51-37-23-13-24-38-51)52-39-25-14-26-40-52)56(62-42-28-8-6-4-2)44-53(55)57(45-59)63(47-29-15-9-16-30-47,48-31-17-10-18-32-48)49-33-19-11-20-34-49/h9-26,29-40,43-44,57-58H,3-8,27-28,41-42H2,1-2H3/q+2. The molecule has 322 valence electrons. The molecule has 0 radical (unpaired) electrons. The first-order valence-electron chi connectivity index (χ1n) is 23.0. The van der Waals surface area contributed by atoms with Gasteiger partial charge in [0.05, 0.1) is 24.3 Å². The van der Waals surface area contributed by atoms with Crippen molar-refractivity contribution in [1.82, 2.24) is 0 Å². The first-order valence-corrected chi connectivity index (χ1v) is 26.7. The zero-order valence-electron chi connectivity index (χ0n) is 37.3. The molecule has 2 atom stereocenters. The lowest BCUT2D eigenvalue weighted by atomic mass is 10.0. The van der Waals surface area contributed by atoms with Gasteiger partial charge >= 0.3 is 0 Å². The summed E-state index contributed by atoms with van der Waals surface area (Å²) in [5.41, 5.74) is 0.239. The molecular weight excluding hydrogens is 819 g/mol. The average molecular weight is 879 g/mol. The average Bonchev–Trinajstić information content (AvgIpc) is 3.36. The quantitative estimate of drug-likeness (QED) is 0.0502. The molecule has 7 aromatic carbocycles. The molecular formula is C58H60N2O2P2+2. The van der Waals surface area contributed by atoms with Crippen LogP contribution in [0, 0.1) is 22.7 Å². The molecule has 7 rings (SSSR count). The molecule has 7 aromatic rings. The molecule has 0 aliphatic rings. The minimum atomic E-state index is -2.80. The Kier molecular flexibility index (Phi) is 16.6. The summed E-state index contributed by atoms with van der Waals surface area (Å²) in [7, 11) is -5.60. The van der Waals surface area contributed by atoms with E-state index in [2.05, 4.69) is 184 Å². The van der Waals surface area contributed by atoms with Crippen molar-refractivity contribution in [1.29, 1.82) is 10.5 Å². The number of benzene rings is 7. The van der Waals surface area contributed by atoms with Gasteiger partial charge in [0.2, 0.25) is 0 Å². The normalized spacial score (nSPS) is 12.4. The SMILES string of the molecule is CCCCCCOc1cc(C(C#N)[P+](c2ccccc2)(c2ccccc2)c2ccccc2)c(OCCCCCC)cc1C(C#N)[P+](c1ccccc1)(c1ccccc1)c1ccccc1. The monoisotopic (exact) mass is 878 g/mol. The Hall–Kier alpha value is -6.02. The van der Waals surface area contributed by atoms with E-state index in [0.29, 0.717) is 24.7 Å². The van der Waals surface area contributed by atoms with Crippen molar-refractivity contribution in [2.24, 2.45) is 0 Å². The highest BCUT2D eigenvalue weighted by Gasteiger charge is 2.57. The Morgan fingerprint density at radius 3 is 0.844 bits per heavy atom. The maximum absolute atomic E-state index is 12.0. The number of hydrogen-bond donors (Lipinski definition) is 0. The maximum Gasteiger partial charge on any atom is 0.197 e. The van der Waals surface area contributed by atoms with Gasteiger partial charge in [0.1, 0.15) is 70.0 Å². The third kappa shape index (κ3) is 9.71. The fourth-order valence-corrected chi connectivity index (χ4v) is 18.2. The van der Waals surface area contributed by atoms with E-state index in [1.165, 1.54) is 0 Å². The lowest BCUT2D eigenvalue weighted by Crippen LogP contribution is -2.35. The van der Waals surface area contributed by atoms with Crippen LogP contribution in [0.4, 0.5) is 0 Å². The second kappa shape index (κ2) is 23.1. The van der Waals surface area contributed by atoms with Gasteiger partial charge in [0.25, 0.3) is 0 Å². The molecule has 0 spiro atoms. The summed E-state index contributed by atoms with van der Waals surface area (Å²) in [6.45, 7) is 5.41. The summed E-state index contributed by atoms with van der Waals surface area (Å²) in [5, 5.41) is 30.6. The zero-order chi connectivity index (χ0) is 44.5. The van der Waals surface area contributed by atoms with E-state index >= 15 is 0 Å². The van der Waals surface area contributed by atoms with Crippen LogP contribution in [0.2, 0.25) is 0 Å². The molecule has 0 saturated heterocycles. The number of ether oxygens (including phenoxy) is 2. The fourth-order valence-electron chi connectivity index (χ4n) is 9.19. The largest absolute Gasteiger partial charge is 0.493 e. The van der Waals surface area contributed by atoms with Gasteiger partial charge in [-0.25, -0.2) is 0 Å². The molecule has 0 amide bonds. The Balaban J connectivity index is 1.57. The Labute approximate surface area is 383 Å². The van der Waals surface area contributed by atoms with Crippen molar-refractivity contribution in [3.8, 4) is 23.6 Å². The molecule has 0 aliphatic carbocycles. The Morgan fingerprint density at radius 2 is 0.625 bits per heavy atom. The predicted octanol–water partition coefficient (Wildman–Crippen LogP) is 12.7. The van der Waals surface area contributed by atoms with E-state index in [1.807, 2.05) is 36.4 Å². The topological polar surface area (TPSA) is 66.0 Å². The lowest BCUT2D eigenvalue weighted by molar-refractivity contribution is 0.292. The molecule has 0 bridgehead atoms. The van der Waals surface area contributed by atoms with Crippen molar-refractivity contribution in [3.63, 3.8) is 0 Å². The van der Waals surface area contributed by atoms with Gasteiger partial charge in [0.15, 0.2) is 11.3 Å². The van der Waals surface area contributed by atoms with Crippen molar-refractivity contribution in [2.45, 2.75) is 76.5 Å². The summed E-state index contributed by atoms with van der Waals surface area (Å²) in [6.07, 6.45) is 8.30. The molecule has 0 heterocycles. The molecule has 0 N–H and O–H groups in total. The van der Waals surface area contributed by atoms with Gasteiger partial charge in [0, 0.05) is 0 Å². The van der Waals surface area contributed by atoms with Crippen LogP contribution < -0.4 is 41.3 Å². The third-order valence-electron chi connectivity index (χ3n) is 12.2. The first-order chi connectivity index (χ1) is 31.6. The Bertz CT molecular complexity index is 2190. The fraction of sp³-hybridized carbons (Fsp3) is 0.241. The molecule has 0 aromatic heterocycles. The number of unbranched alkanes of at least 4 members (excludes halogenated alkanes) is 6. The van der Waals surface area contributed by atoms with E-state index in [1.54, 1.807) is 0 Å². The minimum absolute atomic E-state index is 0.489. The first kappa shape index (κ1) is 46.0. The van der Waals surface area contributed by atoms with Crippen LogP contribution in [0.15, 0.2) is 194 Å². The number of nitriles is 2. The van der Waals surface area contributed by atoms with E-state index in [4.69, 9.17) is 9.47 Å². The number of rotatable bonds is 22. The highest BCUT2D eigenvalue weighted by Crippen LogP contribution is 2.70. The summed E-state index contributed by atoms with van der Waals surface area (Å²) < 4.78 is 14.1. The van der Waals surface area contributed by atoms with Gasteiger partial charge in [-0.05, 0) is 97.8 Å². The van der Waals surface area contributed by atoms with Gasteiger partial charge in [-0.15, -0.1) is 0 Å². The van der Waals surface area contributed by atoms with Crippen LogP contribution in [-0.4, -0.2) is 13.2 Å². The van der Waals surface area contributed by atoms with E-state index in [-0.39, 0.29) is 0 Å². The van der Waals surface area contributed by atoms with Crippen LogP contribution >= 0.6 is 14.5 Å². The summed E-state index contributed by atoms with van der Waals surface area (Å²) >= 11 is 0. The van der Waals surface area contributed by atoms with E-state index in [9.17, 15) is 10.5 Å². The van der Waals surface area contributed by atoms with Crippen LogP contribution in [0.1, 0.15) is 87.7 Å². The van der Waals surface area contributed by atoms with Crippen molar-refractivity contribution in [2.75, 3.05) is 13.2 Å². The highest BCUT2D eigenvalue weighted by molar-refractivity contribution is 7.96. The van der Waals surface area contributed by atoms with Gasteiger partial charge < -0.3 is 9.47 Å². The lowest BCUT2D eigenvalue weighted by Gasteiger charge is -2.34. The van der Waals surface area contributed by atoms with Crippen LogP contribution in [-0.2, 0) is 0 Å².